The van der Waals surface area contributed by atoms with Crippen LogP contribution in [0.2, 0.25) is 0 Å². The van der Waals surface area contributed by atoms with Gasteiger partial charge in [-0.2, -0.15) is 0 Å². The lowest BCUT2D eigenvalue weighted by Crippen LogP contribution is -2.62. The summed E-state index contributed by atoms with van der Waals surface area (Å²) in [5.74, 6) is -1.01. The molecule has 1 rings (SSSR count). The summed E-state index contributed by atoms with van der Waals surface area (Å²) in [6, 6.07) is -0.738. The van der Waals surface area contributed by atoms with Crippen LogP contribution in [0.4, 0.5) is 4.79 Å². The van der Waals surface area contributed by atoms with Gasteiger partial charge in [-0.05, 0) is 12.8 Å². The first-order valence-electron chi connectivity index (χ1n) is 6.34. The minimum absolute atomic E-state index is 0.254. The van der Waals surface area contributed by atoms with Crippen molar-refractivity contribution >= 4 is 17.8 Å². The largest absolute Gasteiger partial charge is 0.328 e. The van der Waals surface area contributed by atoms with Crippen molar-refractivity contribution in [3.8, 4) is 0 Å². The molecule has 4 amide bonds. The third-order valence-electron chi connectivity index (χ3n) is 3.27. The number of hydrogen-bond donors (Lipinski definition) is 2. The van der Waals surface area contributed by atoms with E-state index in [-0.39, 0.29) is 6.42 Å². The molecule has 1 aliphatic rings. The van der Waals surface area contributed by atoms with Crippen LogP contribution in [0.25, 0.3) is 0 Å². The fourth-order valence-electron chi connectivity index (χ4n) is 2.19. The summed E-state index contributed by atoms with van der Waals surface area (Å²) in [5.41, 5.74) is -1.16. The Kier molecular flexibility index (Phi) is 5.07. The summed E-state index contributed by atoms with van der Waals surface area (Å²) < 4.78 is 0. The molecule has 0 radical (unpaired) electrons. The first-order valence-corrected chi connectivity index (χ1v) is 6.34. The Bertz CT molecular complexity index is 343. The molecule has 5 heteroatoms. The number of rotatable bonds is 7. The first-order chi connectivity index (χ1) is 8.56. The molecular weight excluding hydrogens is 232 g/mol. The normalized spacial score (nSPS) is 18.2. The number of urea groups is 1. The molecule has 1 saturated heterocycles. The lowest BCUT2D eigenvalue weighted by molar-refractivity contribution is -0.144. The number of barbiturate groups is 1. The smallest absolute Gasteiger partial charge is 0.277 e. The van der Waals surface area contributed by atoms with Crippen molar-refractivity contribution in [3.63, 3.8) is 0 Å². The van der Waals surface area contributed by atoms with Crippen molar-refractivity contribution in [2.75, 3.05) is 0 Å². The van der Waals surface area contributed by atoms with E-state index < -0.39 is 23.3 Å². The van der Waals surface area contributed by atoms with E-state index in [1.54, 1.807) is 6.08 Å². The topological polar surface area (TPSA) is 75.3 Å². The van der Waals surface area contributed by atoms with Crippen LogP contribution in [0.3, 0.4) is 0 Å². The van der Waals surface area contributed by atoms with E-state index in [1.165, 1.54) is 0 Å². The Morgan fingerprint density at radius 2 is 1.72 bits per heavy atom. The van der Waals surface area contributed by atoms with Gasteiger partial charge < -0.3 is 0 Å². The Morgan fingerprint density at radius 3 is 2.22 bits per heavy atom. The van der Waals surface area contributed by atoms with Crippen molar-refractivity contribution in [1.29, 1.82) is 0 Å². The van der Waals surface area contributed by atoms with Gasteiger partial charge in [0.1, 0.15) is 5.41 Å². The minimum Gasteiger partial charge on any atom is -0.277 e. The standard InChI is InChI=1S/C13H20N2O3/c1-3-5-6-7-9-13(8-4-2)10(16)14-12(18)15-11(13)17/h4H,2-3,5-9H2,1H3,(H2,14,15,16,17,18). The zero-order chi connectivity index (χ0) is 13.6. The molecule has 2 N–H and O–H groups in total. The van der Waals surface area contributed by atoms with Gasteiger partial charge in [0, 0.05) is 0 Å². The van der Waals surface area contributed by atoms with Crippen LogP contribution in [0, 0.1) is 5.41 Å². The molecule has 1 aliphatic heterocycles. The van der Waals surface area contributed by atoms with E-state index in [0.717, 1.165) is 25.7 Å². The van der Waals surface area contributed by atoms with Crippen LogP contribution in [-0.2, 0) is 9.59 Å². The van der Waals surface area contributed by atoms with E-state index in [1.807, 2.05) is 0 Å². The molecule has 18 heavy (non-hydrogen) atoms. The fourth-order valence-corrected chi connectivity index (χ4v) is 2.19. The minimum atomic E-state index is -1.16. The Hall–Kier alpha value is -1.65. The van der Waals surface area contributed by atoms with Crippen LogP contribution in [0.15, 0.2) is 12.7 Å². The zero-order valence-electron chi connectivity index (χ0n) is 10.8. The molecule has 0 unspecified atom stereocenters. The molecule has 5 nitrogen and oxygen atoms in total. The van der Waals surface area contributed by atoms with Gasteiger partial charge in [-0.3, -0.25) is 20.2 Å². The molecule has 0 atom stereocenters. The number of carbonyl (C=O) groups excluding carboxylic acids is 3. The zero-order valence-corrected chi connectivity index (χ0v) is 10.8. The average molecular weight is 252 g/mol. The number of imide groups is 2. The van der Waals surface area contributed by atoms with E-state index in [9.17, 15) is 14.4 Å². The van der Waals surface area contributed by atoms with E-state index in [4.69, 9.17) is 0 Å². The van der Waals surface area contributed by atoms with Crippen molar-refractivity contribution in [1.82, 2.24) is 10.6 Å². The van der Waals surface area contributed by atoms with Gasteiger partial charge in [-0.1, -0.05) is 38.7 Å². The summed E-state index contributed by atoms with van der Waals surface area (Å²) in [4.78, 5) is 35.0. The fraction of sp³-hybridized carbons (Fsp3) is 0.615. The maximum Gasteiger partial charge on any atom is 0.328 e. The van der Waals surface area contributed by atoms with E-state index in [2.05, 4.69) is 24.1 Å². The Labute approximate surface area is 107 Å². The van der Waals surface area contributed by atoms with Gasteiger partial charge in [-0.25, -0.2) is 4.79 Å². The Balaban J connectivity index is 2.77. The highest BCUT2D eigenvalue weighted by molar-refractivity contribution is 6.19. The van der Waals surface area contributed by atoms with Gasteiger partial charge in [-0.15, -0.1) is 6.58 Å². The van der Waals surface area contributed by atoms with Crippen molar-refractivity contribution < 1.29 is 14.4 Å². The van der Waals surface area contributed by atoms with Gasteiger partial charge in [0.25, 0.3) is 0 Å². The first kappa shape index (κ1) is 14.4. The number of amides is 4. The molecule has 0 spiro atoms. The number of allylic oxidation sites excluding steroid dienone is 1. The van der Waals surface area contributed by atoms with Crippen LogP contribution in [0.1, 0.15) is 45.4 Å². The summed E-state index contributed by atoms with van der Waals surface area (Å²) in [6.07, 6.45) is 6.18. The van der Waals surface area contributed by atoms with E-state index in [0.29, 0.717) is 6.42 Å². The summed E-state index contributed by atoms with van der Waals surface area (Å²) in [5, 5.41) is 4.34. The second-order valence-corrected chi connectivity index (χ2v) is 4.62. The lowest BCUT2D eigenvalue weighted by Gasteiger charge is -2.33. The predicted molar refractivity (Wildman–Crippen MR) is 67.7 cm³/mol. The second kappa shape index (κ2) is 6.33. The molecule has 1 heterocycles. The third-order valence-corrected chi connectivity index (χ3v) is 3.27. The van der Waals surface area contributed by atoms with Gasteiger partial charge in [0.05, 0.1) is 0 Å². The average Bonchev–Trinajstić information content (AvgIpc) is 2.31. The molecule has 100 valence electrons. The van der Waals surface area contributed by atoms with Crippen molar-refractivity contribution in [2.45, 2.75) is 45.4 Å². The highest BCUT2D eigenvalue weighted by Crippen LogP contribution is 2.32. The summed E-state index contributed by atoms with van der Waals surface area (Å²) in [6.45, 7) is 5.68. The molecule has 0 aliphatic carbocycles. The SMILES string of the molecule is C=CCC1(CCCCCC)C(=O)NC(=O)NC1=O. The summed E-state index contributed by atoms with van der Waals surface area (Å²) in [7, 11) is 0. The second-order valence-electron chi connectivity index (χ2n) is 4.62. The van der Waals surface area contributed by atoms with Crippen molar-refractivity contribution in [2.24, 2.45) is 5.41 Å². The molecule has 0 aromatic carbocycles. The highest BCUT2D eigenvalue weighted by Gasteiger charge is 2.48. The monoisotopic (exact) mass is 252 g/mol. The molecular formula is C13H20N2O3. The summed E-state index contributed by atoms with van der Waals surface area (Å²) >= 11 is 0. The van der Waals surface area contributed by atoms with Gasteiger partial charge in [0.15, 0.2) is 0 Å². The third kappa shape index (κ3) is 2.97. The van der Waals surface area contributed by atoms with Crippen LogP contribution in [-0.4, -0.2) is 17.8 Å². The lowest BCUT2D eigenvalue weighted by atomic mass is 9.76. The van der Waals surface area contributed by atoms with Crippen LogP contribution in [0.5, 0.6) is 0 Å². The molecule has 1 fully saturated rings. The molecule has 0 aromatic heterocycles. The number of carbonyl (C=O) groups is 3. The van der Waals surface area contributed by atoms with E-state index >= 15 is 0 Å². The molecule has 0 bridgehead atoms. The van der Waals surface area contributed by atoms with Crippen LogP contribution >= 0.6 is 0 Å². The quantitative estimate of drug-likeness (QED) is 0.412. The van der Waals surface area contributed by atoms with Crippen molar-refractivity contribution in [3.05, 3.63) is 12.7 Å². The number of nitrogens with one attached hydrogen (secondary N) is 2. The number of hydrogen-bond acceptors (Lipinski definition) is 3. The Morgan fingerprint density at radius 1 is 1.11 bits per heavy atom. The highest BCUT2D eigenvalue weighted by atomic mass is 16.2. The molecule has 0 saturated carbocycles. The predicted octanol–water partition coefficient (Wildman–Crippen LogP) is 1.89. The maximum atomic E-state index is 12.0. The van der Waals surface area contributed by atoms with Gasteiger partial charge >= 0.3 is 6.03 Å². The maximum absolute atomic E-state index is 12.0. The van der Waals surface area contributed by atoms with Gasteiger partial charge in [0.2, 0.25) is 11.8 Å². The molecule has 0 aromatic rings. The van der Waals surface area contributed by atoms with Crippen LogP contribution < -0.4 is 10.6 Å². The number of unbranched alkanes of at least 4 members (excludes halogenated alkanes) is 3.